The van der Waals surface area contributed by atoms with Crippen molar-refractivity contribution in [3.05, 3.63) is 0 Å². The van der Waals surface area contributed by atoms with Gasteiger partial charge in [-0.2, -0.15) is 0 Å². The van der Waals surface area contributed by atoms with E-state index >= 15 is 0 Å². The van der Waals surface area contributed by atoms with Gasteiger partial charge in [0.25, 0.3) is 0 Å². The predicted octanol–water partition coefficient (Wildman–Crippen LogP) is 5.10. The van der Waals surface area contributed by atoms with Crippen LogP contribution in [0.2, 0.25) is 0 Å². The van der Waals surface area contributed by atoms with Gasteiger partial charge in [-0.25, -0.2) is 0 Å². The predicted molar refractivity (Wildman–Crippen MR) is 95.5 cm³/mol. The molecule has 3 heteroatoms. The van der Waals surface area contributed by atoms with Crippen molar-refractivity contribution in [3.63, 3.8) is 0 Å². The molecule has 0 bridgehead atoms. The van der Waals surface area contributed by atoms with Gasteiger partial charge in [0.05, 0.1) is 5.92 Å². The average molecular weight is 335 g/mol. The molecule has 0 aromatic rings. The van der Waals surface area contributed by atoms with E-state index in [0.717, 1.165) is 43.4 Å². The monoisotopic (exact) mass is 334 g/mol. The first kappa shape index (κ1) is 16.1. The van der Waals surface area contributed by atoms with E-state index in [4.69, 9.17) is 12.2 Å². The van der Waals surface area contributed by atoms with Gasteiger partial charge in [0.2, 0.25) is 0 Å². The molecule has 0 aliphatic heterocycles. The number of thiocarbonyl (C=S) groups is 1. The lowest BCUT2D eigenvalue weighted by atomic mass is 9.45. The van der Waals surface area contributed by atoms with E-state index < -0.39 is 5.97 Å². The summed E-state index contributed by atoms with van der Waals surface area (Å²) in [6.45, 7) is 4.84. The summed E-state index contributed by atoms with van der Waals surface area (Å²) < 4.78 is 0. The summed E-state index contributed by atoms with van der Waals surface area (Å²) in [5, 5.41) is 9.67. The molecule has 1 N–H and O–H groups in total. The van der Waals surface area contributed by atoms with E-state index in [1.54, 1.807) is 0 Å². The van der Waals surface area contributed by atoms with E-state index in [-0.39, 0.29) is 11.3 Å². The summed E-state index contributed by atoms with van der Waals surface area (Å²) in [6.07, 6.45) is 10.7. The fourth-order valence-corrected chi connectivity index (χ4v) is 7.75. The van der Waals surface area contributed by atoms with Crippen LogP contribution in [0.25, 0.3) is 0 Å². The fourth-order valence-electron chi connectivity index (χ4n) is 7.45. The van der Waals surface area contributed by atoms with E-state index in [1.807, 2.05) is 0 Å². The van der Waals surface area contributed by atoms with Crippen molar-refractivity contribution in [2.45, 2.75) is 71.6 Å². The van der Waals surface area contributed by atoms with E-state index in [1.165, 1.54) is 37.0 Å². The van der Waals surface area contributed by atoms with Gasteiger partial charge in [0, 0.05) is 0 Å². The second-order valence-corrected chi connectivity index (χ2v) is 9.99. The van der Waals surface area contributed by atoms with Crippen molar-refractivity contribution < 1.29 is 9.90 Å². The lowest BCUT2D eigenvalue weighted by Crippen LogP contribution is -2.53. The highest BCUT2D eigenvalue weighted by molar-refractivity contribution is 7.80. The van der Waals surface area contributed by atoms with Crippen LogP contribution in [0.1, 0.15) is 71.6 Å². The van der Waals surface area contributed by atoms with Gasteiger partial charge in [-0.05, 0) is 97.2 Å². The zero-order valence-electron chi connectivity index (χ0n) is 14.5. The molecule has 4 fully saturated rings. The summed E-state index contributed by atoms with van der Waals surface area (Å²) in [7, 11) is 0. The first-order valence-corrected chi connectivity index (χ1v) is 10.0. The normalized spacial score (nSPS) is 52.4. The molecular formula is C20H30O2S. The molecule has 1 unspecified atom stereocenters. The molecule has 0 aromatic heterocycles. The standard InChI is InChI=1S/C20H30O2S/c1-19-9-7-13(23)11-12(19)3-4-14-15-5-6-17(18(21)22)20(15,2)10-8-16(14)19/h12,14-17H,3-11H2,1-2H3,(H,21,22)/t12?,14-,15-,16-,17+,19-,20-/m0/s1. The van der Waals surface area contributed by atoms with E-state index in [9.17, 15) is 9.90 Å². The Labute approximate surface area is 145 Å². The lowest BCUT2D eigenvalue weighted by molar-refractivity contribution is -0.151. The number of fused-ring (bicyclic) bond motifs is 5. The number of carboxylic acid groups (broad SMARTS) is 1. The Hall–Kier alpha value is -0.440. The van der Waals surface area contributed by atoms with Gasteiger partial charge in [-0.15, -0.1) is 0 Å². The summed E-state index contributed by atoms with van der Waals surface area (Å²) in [5.74, 6) is 2.38. The SMILES string of the molecule is C[C@]12CC[C@H]3[C@@H](CCC4CC(=S)CC[C@@]43C)[C@@H]1CC[C@@H]2C(=O)O. The van der Waals surface area contributed by atoms with Crippen molar-refractivity contribution in [1.29, 1.82) is 0 Å². The molecule has 0 spiro atoms. The van der Waals surface area contributed by atoms with Crippen LogP contribution in [0.5, 0.6) is 0 Å². The zero-order valence-corrected chi connectivity index (χ0v) is 15.3. The Morgan fingerprint density at radius 1 is 1.04 bits per heavy atom. The van der Waals surface area contributed by atoms with E-state index in [0.29, 0.717) is 11.3 Å². The Morgan fingerprint density at radius 3 is 2.52 bits per heavy atom. The maximum absolute atomic E-state index is 11.7. The molecule has 0 saturated heterocycles. The fraction of sp³-hybridized carbons (Fsp3) is 0.900. The highest BCUT2D eigenvalue weighted by atomic mass is 32.1. The van der Waals surface area contributed by atoms with Crippen molar-refractivity contribution in [2.24, 2.45) is 40.4 Å². The van der Waals surface area contributed by atoms with Crippen LogP contribution in [0.4, 0.5) is 0 Å². The molecule has 23 heavy (non-hydrogen) atoms. The third-order valence-electron chi connectivity index (χ3n) is 8.78. The van der Waals surface area contributed by atoms with Gasteiger partial charge >= 0.3 is 5.97 Å². The number of carbonyl (C=O) groups is 1. The summed E-state index contributed by atoms with van der Waals surface area (Å²) in [6, 6.07) is 0. The van der Waals surface area contributed by atoms with Crippen LogP contribution in [0.15, 0.2) is 0 Å². The number of carboxylic acids is 1. The molecule has 4 aliphatic rings. The van der Waals surface area contributed by atoms with Gasteiger partial charge < -0.3 is 5.11 Å². The largest absolute Gasteiger partial charge is 0.481 e. The van der Waals surface area contributed by atoms with Crippen LogP contribution in [-0.4, -0.2) is 15.9 Å². The molecule has 4 aliphatic carbocycles. The quantitative estimate of drug-likeness (QED) is 0.678. The molecule has 2 nitrogen and oxygen atoms in total. The third kappa shape index (κ3) is 2.18. The Bertz CT molecular complexity index is 544. The molecule has 4 rings (SSSR count). The van der Waals surface area contributed by atoms with Crippen LogP contribution >= 0.6 is 12.2 Å². The zero-order chi connectivity index (χ0) is 16.4. The van der Waals surface area contributed by atoms with Crippen LogP contribution in [-0.2, 0) is 4.79 Å². The van der Waals surface area contributed by atoms with Crippen LogP contribution in [0.3, 0.4) is 0 Å². The van der Waals surface area contributed by atoms with Crippen molar-refractivity contribution in [3.8, 4) is 0 Å². The molecule has 0 amide bonds. The summed E-state index contributed by atoms with van der Waals surface area (Å²) >= 11 is 5.54. The maximum atomic E-state index is 11.7. The highest BCUT2D eigenvalue weighted by Crippen LogP contribution is 2.67. The van der Waals surface area contributed by atoms with Crippen molar-refractivity contribution >= 4 is 23.1 Å². The summed E-state index contributed by atoms with van der Waals surface area (Å²) in [5.41, 5.74) is 0.522. The first-order valence-electron chi connectivity index (χ1n) is 9.61. The van der Waals surface area contributed by atoms with Crippen molar-refractivity contribution in [1.82, 2.24) is 0 Å². The Kier molecular flexibility index (Phi) is 3.68. The molecule has 0 aromatic carbocycles. The Morgan fingerprint density at radius 2 is 1.78 bits per heavy atom. The number of aliphatic carboxylic acids is 1. The number of hydrogen-bond donors (Lipinski definition) is 1. The Balaban J connectivity index is 1.63. The van der Waals surface area contributed by atoms with Crippen molar-refractivity contribution in [2.75, 3.05) is 0 Å². The maximum Gasteiger partial charge on any atom is 0.307 e. The van der Waals surface area contributed by atoms with Gasteiger partial charge in [-0.1, -0.05) is 26.1 Å². The third-order valence-corrected chi connectivity index (χ3v) is 9.15. The minimum absolute atomic E-state index is 0.0557. The molecule has 7 atom stereocenters. The number of rotatable bonds is 1. The molecular weight excluding hydrogens is 304 g/mol. The molecule has 0 heterocycles. The topological polar surface area (TPSA) is 37.3 Å². The van der Waals surface area contributed by atoms with Gasteiger partial charge in [-0.3, -0.25) is 4.79 Å². The van der Waals surface area contributed by atoms with Crippen LogP contribution in [0, 0.1) is 40.4 Å². The van der Waals surface area contributed by atoms with Gasteiger partial charge in [0.15, 0.2) is 0 Å². The van der Waals surface area contributed by atoms with E-state index in [2.05, 4.69) is 13.8 Å². The molecule has 0 radical (unpaired) electrons. The lowest BCUT2D eigenvalue weighted by Gasteiger charge is -2.60. The molecule has 4 saturated carbocycles. The second kappa shape index (κ2) is 5.28. The minimum atomic E-state index is -0.545. The van der Waals surface area contributed by atoms with Gasteiger partial charge in [0.1, 0.15) is 0 Å². The number of hydrogen-bond acceptors (Lipinski definition) is 2. The first-order chi connectivity index (χ1) is 10.9. The molecule has 128 valence electrons. The average Bonchev–Trinajstić information content (AvgIpc) is 2.85. The minimum Gasteiger partial charge on any atom is -0.481 e. The summed E-state index contributed by atoms with van der Waals surface area (Å²) in [4.78, 5) is 13.0. The van der Waals surface area contributed by atoms with Crippen LogP contribution < -0.4 is 0 Å². The smallest absolute Gasteiger partial charge is 0.307 e. The highest BCUT2D eigenvalue weighted by Gasteiger charge is 2.61. The second-order valence-electron chi connectivity index (χ2n) is 9.41.